The number of halogens is 1. The van der Waals surface area contributed by atoms with Crippen LogP contribution in [-0.4, -0.2) is 15.7 Å². The summed E-state index contributed by atoms with van der Waals surface area (Å²) in [6.45, 7) is 1.85. The Morgan fingerprint density at radius 2 is 2.16 bits per heavy atom. The second-order valence-electron chi connectivity index (χ2n) is 4.30. The second kappa shape index (κ2) is 5.44. The SMILES string of the molecule is Cc1nn(C)cc1C(Nc1ccccc1Br)C(N)=O. The number of aromatic nitrogens is 2. The Balaban J connectivity index is 2.35. The van der Waals surface area contributed by atoms with Gasteiger partial charge < -0.3 is 11.1 Å². The molecule has 1 amide bonds. The Hall–Kier alpha value is -1.82. The number of carbonyl (C=O) groups excluding carboxylic acids is 1. The van der Waals surface area contributed by atoms with Gasteiger partial charge in [-0.2, -0.15) is 5.10 Å². The van der Waals surface area contributed by atoms with E-state index in [2.05, 4.69) is 26.3 Å². The third-order valence-corrected chi connectivity index (χ3v) is 3.51. The molecule has 0 spiro atoms. The second-order valence-corrected chi connectivity index (χ2v) is 5.16. The summed E-state index contributed by atoms with van der Waals surface area (Å²) in [7, 11) is 1.81. The number of para-hydroxylation sites is 1. The van der Waals surface area contributed by atoms with Crippen molar-refractivity contribution in [2.75, 3.05) is 5.32 Å². The molecule has 1 aromatic heterocycles. The Labute approximate surface area is 119 Å². The summed E-state index contributed by atoms with van der Waals surface area (Å²) < 4.78 is 2.55. The maximum atomic E-state index is 11.7. The Bertz CT molecular complexity index is 608. The Kier molecular flexibility index (Phi) is 3.90. The number of rotatable bonds is 4. The van der Waals surface area contributed by atoms with Crippen LogP contribution in [0.5, 0.6) is 0 Å². The van der Waals surface area contributed by atoms with E-state index in [9.17, 15) is 4.79 Å². The number of nitrogens with two attached hydrogens (primary N) is 1. The van der Waals surface area contributed by atoms with E-state index in [1.54, 1.807) is 10.9 Å². The van der Waals surface area contributed by atoms with E-state index in [0.29, 0.717) is 0 Å². The minimum atomic E-state index is -0.604. The molecule has 6 heteroatoms. The lowest BCUT2D eigenvalue weighted by molar-refractivity contribution is -0.118. The van der Waals surface area contributed by atoms with Gasteiger partial charge in [-0.1, -0.05) is 12.1 Å². The van der Waals surface area contributed by atoms with Gasteiger partial charge in [0.2, 0.25) is 5.91 Å². The van der Waals surface area contributed by atoms with Crippen molar-refractivity contribution in [1.82, 2.24) is 9.78 Å². The summed E-state index contributed by atoms with van der Waals surface area (Å²) in [5.41, 5.74) is 7.87. The molecule has 0 saturated carbocycles. The van der Waals surface area contributed by atoms with Crippen LogP contribution in [0.15, 0.2) is 34.9 Å². The minimum Gasteiger partial charge on any atom is -0.369 e. The molecule has 1 unspecified atom stereocenters. The molecule has 0 aliphatic carbocycles. The van der Waals surface area contributed by atoms with Gasteiger partial charge in [-0.05, 0) is 35.0 Å². The molecule has 19 heavy (non-hydrogen) atoms. The van der Waals surface area contributed by atoms with E-state index in [0.717, 1.165) is 21.4 Å². The number of hydrogen-bond acceptors (Lipinski definition) is 3. The number of primary amides is 1. The molecule has 1 atom stereocenters. The van der Waals surface area contributed by atoms with Crippen molar-refractivity contribution < 1.29 is 4.79 Å². The summed E-state index contributed by atoms with van der Waals surface area (Å²) in [4.78, 5) is 11.7. The fourth-order valence-corrected chi connectivity index (χ4v) is 2.34. The highest BCUT2D eigenvalue weighted by molar-refractivity contribution is 9.10. The standard InChI is InChI=1S/C13H15BrN4O/c1-8-9(7-18(2)17-8)12(13(15)19)16-11-6-4-3-5-10(11)14/h3-7,12,16H,1-2H3,(H2,15,19). The van der Waals surface area contributed by atoms with Gasteiger partial charge in [0.1, 0.15) is 6.04 Å². The van der Waals surface area contributed by atoms with Crippen molar-refractivity contribution in [3.63, 3.8) is 0 Å². The third kappa shape index (κ3) is 2.96. The summed E-state index contributed by atoms with van der Waals surface area (Å²) in [5.74, 6) is -0.438. The molecule has 2 rings (SSSR count). The summed E-state index contributed by atoms with van der Waals surface area (Å²) >= 11 is 3.43. The maximum absolute atomic E-state index is 11.7. The maximum Gasteiger partial charge on any atom is 0.244 e. The molecular formula is C13H15BrN4O. The molecule has 1 heterocycles. The van der Waals surface area contributed by atoms with Crippen LogP contribution in [0.1, 0.15) is 17.3 Å². The number of hydrogen-bond donors (Lipinski definition) is 2. The predicted octanol–water partition coefficient (Wildman–Crippen LogP) is 2.13. The van der Waals surface area contributed by atoms with Gasteiger partial charge in [-0.3, -0.25) is 9.48 Å². The first-order chi connectivity index (χ1) is 8.99. The van der Waals surface area contributed by atoms with Crippen LogP contribution in [0, 0.1) is 6.92 Å². The van der Waals surface area contributed by atoms with E-state index < -0.39 is 11.9 Å². The monoisotopic (exact) mass is 322 g/mol. The number of carbonyl (C=O) groups is 1. The zero-order valence-electron chi connectivity index (χ0n) is 10.7. The van der Waals surface area contributed by atoms with Crippen LogP contribution in [-0.2, 0) is 11.8 Å². The van der Waals surface area contributed by atoms with Crippen LogP contribution in [0.25, 0.3) is 0 Å². The van der Waals surface area contributed by atoms with E-state index in [-0.39, 0.29) is 0 Å². The first kappa shape index (κ1) is 13.6. The number of benzene rings is 1. The van der Waals surface area contributed by atoms with Crippen molar-refractivity contribution in [2.24, 2.45) is 12.8 Å². The molecule has 2 aromatic rings. The average molecular weight is 323 g/mol. The lowest BCUT2D eigenvalue weighted by Gasteiger charge is -2.17. The third-order valence-electron chi connectivity index (χ3n) is 2.82. The number of amides is 1. The number of nitrogens with zero attached hydrogens (tertiary/aromatic N) is 2. The van der Waals surface area contributed by atoms with Crippen LogP contribution in [0.4, 0.5) is 5.69 Å². The number of aryl methyl sites for hydroxylation is 2. The fraction of sp³-hybridized carbons (Fsp3) is 0.231. The van der Waals surface area contributed by atoms with E-state index in [4.69, 9.17) is 5.73 Å². The van der Waals surface area contributed by atoms with E-state index in [1.165, 1.54) is 0 Å². The molecule has 0 radical (unpaired) electrons. The molecule has 1 aromatic carbocycles. The molecule has 0 bridgehead atoms. The normalized spacial score (nSPS) is 12.2. The highest BCUT2D eigenvalue weighted by atomic mass is 79.9. The number of nitrogens with one attached hydrogen (secondary N) is 1. The largest absolute Gasteiger partial charge is 0.369 e. The van der Waals surface area contributed by atoms with Crippen LogP contribution < -0.4 is 11.1 Å². The zero-order valence-corrected chi connectivity index (χ0v) is 12.3. The molecule has 0 saturated heterocycles. The molecule has 3 N–H and O–H groups in total. The highest BCUT2D eigenvalue weighted by Gasteiger charge is 2.22. The van der Waals surface area contributed by atoms with Crippen molar-refractivity contribution in [3.05, 3.63) is 46.2 Å². The quantitative estimate of drug-likeness (QED) is 0.905. The smallest absolute Gasteiger partial charge is 0.244 e. The lowest BCUT2D eigenvalue weighted by atomic mass is 10.1. The Morgan fingerprint density at radius 3 is 2.68 bits per heavy atom. The highest BCUT2D eigenvalue weighted by Crippen LogP contribution is 2.27. The number of anilines is 1. The van der Waals surface area contributed by atoms with Gasteiger partial charge in [0, 0.05) is 29.0 Å². The van der Waals surface area contributed by atoms with E-state index in [1.807, 2.05) is 38.2 Å². The summed E-state index contributed by atoms with van der Waals surface area (Å²) in [6, 6.07) is 6.97. The van der Waals surface area contributed by atoms with Gasteiger partial charge in [-0.25, -0.2) is 0 Å². The van der Waals surface area contributed by atoms with Gasteiger partial charge in [0.15, 0.2) is 0 Å². The first-order valence-corrected chi connectivity index (χ1v) is 6.59. The van der Waals surface area contributed by atoms with Crippen molar-refractivity contribution in [3.8, 4) is 0 Å². The van der Waals surface area contributed by atoms with Crippen molar-refractivity contribution in [1.29, 1.82) is 0 Å². The minimum absolute atomic E-state index is 0.438. The molecular weight excluding hydrogens is 308 g/mol. The average Bonchev–Trinajstić information content (AvgIpc) is 2.67. The van der Waals surface area contributed by atoms with Crippen molar-refractivity contribution in [2.45, 2.75) is 13.0 Å². The fourth-order valence-electron chi connectivity index (χ4n) is 1.94. The van der Waals surface area contributed by atoms with Crippen LogP contribution in [0.2, 0.25) is 0 Å². The molecule has 100 valence electrons. The van der Waals surface area contributed by atoms with Crippen molar-refractivity contribution >= 4 is 27.5 Å². The summed E-state index contributed by atoms with van der Waals surface area (Å²) in [6.07, 6.45) is 1.80. The van der Waals surface area contributed by atoms with Crippen LogP contribution in [0.3, 0.4) is 0 Å². The van der Waals surface area contributed by atoms with Gasteiger partial charge >= 0.3 is 0 Å². The van der Waals surface area contributed by atoms with E-state index >= 15 is 0 Å². The predicted molar refractivity (Wildman–Crippen MR) is 77.6 cm³/mol. The van der Waals surface area contributed by atoms with Gasteiger partial charge in [0.25, 0.3) is 0 Å². The molecule has 5 nitrogen and oxygen atoms in total. The molecule has 0 aliphatic rings. The zero-order chi connectivity index (χ0) is 14.0. The van der Waals surface area contributed by atoms with Gasteiger partial charge in [-0.15, -0.1) is 0 Å². The lowest BCUT2D eigenvalue weighted by Crippen LogP contribution is -2.28. The molecule has 0 aliphatic heterocycles. The summed E-state index contributed by atoms with van der Waals surface area (Å²) in [5, 5.41) is 7.38. The van der Waals surface area contributed by atoms with Gasteiger partial charge in [0.05, 0.1) is 5.69 Å². The van der Waals surface area contributed by atoms with Crippen LogP contribution >= 0.6 is 15.9 Å². The topological polar surface area (TPSA) is 72.9 Å². The first-order valence-electron chi connectivity index (χ1n) is 5.79. The Morgan fingerprint density at radius 1 is 1.47 bits per heavy atom. The molecule has 0 fully saturated rings.